The van der Waals surface area contributed by atoms with Crippen molar-refractivity contribution in [1.29, 1.82) is 0 Å². The molecule has 2 unspecified atom stereocenters. The molecule has 0 amide bonds. The molecule has 0 bridgehead atoms. The van der Waals surface area contributed by atoms with Crippen molar-refractivity contribution in [2.24, 2.45) is 0 Å². The monoisotopic (exact) mass is 327 g/mol. The largest absolute Gasteiger partial charge is 0.219 e. The second-order valence-electron chi connectivity index (χ2n) is 4.37. The van der Waals surface area contributed by atoms with Gasteiger partial charge in [-0.1, -0.05) is 64.6 Å². The molecule has 2 atom stereocenters. The Labute approximate surface area is 122 Å². The van der Waals surface area contributed by atoms with E-state index in [1.165, 1.54) is 4.31 Å². The molecule has 0 N–H and O–H groups in total. The summed E-state index contributed by atoms with van der Waals surface area (Å²) in [5.41, 5.74) is 2.07. The number of alkyl halides is 3. The highest BCUT2D eigenvalue weighted by atomic mass is 35.6. The summed E-state index contributed by atoms with van der Waals surface area (Å²) in [6.45, 7) is 2.42. The molecule has 0 aromatic heterocycles. The molecule has 100 valence electrons. The summed E-state index contributed by atoms with van der Waals surface area (Å²) in [7, 11) is -3.52. The number of hydrogen-bond donors (Lipinski definition) is 0. The van der Waals surface area contributed by atoms with E-state index in [0.29, 0.717) is 6.54 Å². The molecule has 1 fully saturated rings. The molecule has 0 radical (unpaired) electrons. The van der Waals surface area contributed by atoms with Gasteiger partial charge >= 0.3 is 0 Å². The molecule has 0 spiro atoms. The van der Waals surface area contributed by atoms with E-state index < -0.39 is 19.6 Å². The number of halogens is 3. The normalized spacial score (nSPS) is 24.0. The number of nitrogens with zero attached hydrogens (tertiary/aromatic N) is 1. The van der Waals surface area contributed by atoms with Gasteiger partial charge in [0.1, 0.15) is 5.75 Å². The molecule has 1 aliphatic rings. The Kier molecular flexibility index (Phi) is 3.87. The first kappa shape index (κ1) is 14.4. The average molecular weight is 329 g/mol. The van der Waals surface area contributed by atoms with E-state index in [9.17, 15) is 8.42 Å². The van der Waals surface area contributed by atoms with E-state index in [-0.39, 0.29) is 6.04 Å². The minimum Gasteiger partial charge on any atom is -0.212 e. The second kappa shape index (κ2) is 4.84. The zero-order valence-electron chi connectivity index (χ0n) is 9.61. The average Bonchev–Trinajstić information content (AvgIpc) is 2.93. The summed E-state index contributed by atoms with van der Waals surface area (Å²) >= 11 is 16.6. The minimum absolute atomic E-state index is 0.123. The number of aryl methyl sites for hydroxylation is 1. The standard InChI is InChI=1S/C11H12Cl3NO2S/c1-8-3-2-4-9(5-8)10-6-15(10)18(16,17)7-11(12,13)14/h2-5,10H,6-7H2,1H3. The zero-order valence-corrected chi connectivity index (χ0v) is 12.7. The van der Waals surface area contributed by atoms with Crippen LogP contribution in [0.3, 0.4) is 0 Å². The van der Waals surface area contributed by atoms with Crippen LogP contribution < -0.4 is 0 Å². The first-order chi connectivity index (χ1) is 8.19. The molecule has 18 heavy (non-hydrogen) atoms. The summed E-state index contributed by atoms with van der Waals surface area (Å²) in [6.07, 6.45) is 0. The summed E-state index contributed by atoms with van der Waals surface area (Å²) in [6, 6.07) is 7.62. The van der Waals surface area contributed by atoms with Crippen LogP contribution in [0.15, 0.2) is 24.3 Å². The van der Waals surface area contributed by atoms with Gasteiger partial charge in [-0.15, -0.1) is 0 Å². The van der Waals surface area contributed by atoms with Crippen LogP contribution in [0.1, 0.15) is 17.2 Å². The highest BCUT2D eigenvalue weighted by molar-refractivity contribution is 7.89. The molecule has 1 aromatic rings. The lowest BCUT2D eigenvalue weighted by molar-refractivity contribution is 0.554. The summed E-state index contributed by atoms with van der Waals surface area (Å²) in [5.74, 6) is -0.493. The Morgan fingerprint density at radius 2 is 2.06 bits per heavy atom. The van der Waals surface area contributed by atoms with E-state index in [4.69, 9.17) is 34.8 Å². The highest BCUT2D eigenvalue weighted by Crippen LogP contribution is 2.40. The van der Waals surface area contributed by atoms with Crippen LogP contribution in [-0.2, 0) is 10.0 Å². The van der Waals surface area contributed by atoms with E-state index in [2.05, 4.69) is 0 Å². The highest BCUT2D eigenvalue weighted by Gasteiger charge is 2.47. The summed E-state index contributed by atoms with van der Waals surface area (Å²) in [4.78, 5) is 0. The van der Waals surface area contributed by atoms with Crippen LogP contribution in [0.5, 0.6) is 0 Å². The Balaban J connectivity index is 2.12. The van der Waals surface area contributed by atoms with Crippen molar-refractivity contribution < 1.29 is 8.42 Å². The van der Waals surface area contributed by atoms with Crippen molar-refractivity contribution in [3.8, 4) is 0 Å². The van der Waals surface area contributed by atoms with Crippen molar-refractivity contribution in [3.05, 3.63) is 35.4 Å². The van der Waals surface area contributed by atoms with Gasteiger partial charge in [0.05, 0.1) is 6.04 Å². The molecule has 1 aliphatic heterocycles. The topological polar surface area (TPSA) is 37.1 Å². The van der Waals surface area contributed by atoms with Gasteiger partial charge in [-0.3, -0.25) is 0 Å². The lowest BCUT2D eigenvalue weighted by Gasteiger charge is -2.12. The van der Waals surface area contributed by atoms with Gasteiger partial charge in [0, 0.05) is 6.54 Å². The van der Waals surface area contributed by atoms with Gasteiger partial charge in [0.25, 0.3) is 0 Å². The smallest absolute Gasteiger partial charge is 0.212 e. The van der Waals surface area contributed by atoms with Crippen LogP contribution in [0.2, 0.25) is 0 Å². The molecular weight excluding hydrogens is 317 g/mol. The maximum absolute atomic E-state index is 11.9. The summed E-state index contributed by atoms with van der Waals surface area (Å²) in [5, 5.41) is 0. The Morgan fingerprint density at radius 1 is 1.39 bits per heavy atom. The van der Waals surface area contributed by atoms with Crippen molar-refractivity contribution in [3.63, 3.8) is 0 Å². The Bertz CT molecular complexity index is 554. The van der Waals surface area contributed by atoms with Crippen molar-refractivity contribution >= 4 is 44.8 Å². The molecule has 1 aromatic carbocycles. The fourth-order valence-electron chi connectivity index (χ4n) is 1.87. The lowest BCUT2D eigenvalue weighted by atomic mass is 10.1. The first-order valence-corrected chi connectivity index (χ1v) is 8.06. The molecular formula is C11H12Cl3NO2S. The van der Waals surface area contributed by atoms with Crippen LogP contribution in [-0.4, -0.2) is 28.8 Å². The van der Waals surface area contributed by atoms with Crippen molar-refractivity contribution in [1.82, 2.24) is 4.31 Å². The third-order valence-electron chi connectivity index (χ3n) is 2.70. The van der Waals surface area contributed by atoms with E-state index >= 15 is 0 Å². The van der Waals surface area contributed by atoms with E-state index in [1.807, 2.05) is 31.2 Å². The van der Waals surface area contributed by atoms with Crippen molar-refractivity contribution in [2.45, 2.75) is 16.8 Å². The van der Waals surface area contributed by atoms with Crippen LogP contribution in [0, 0.1) is 6.92 Å². The fraction of sp³-hybridized carbons (Fsp3) is 0.455. The van der Waals surface area contributed by atoms with Gasteiger partial charge in [0.2, 0.25) is 13.8 Å². The predicted molar refractivity (Wildman–Crippen MR) is 74.7 cm³/mol. The maximum atomic E-state index is 11.9. The maximum Gasteiger partial charge on any atom is 0.219 e. The molecule has 7 heteroatoms. The number of hydrogen-bond acceptors (Lipinski definition) is 2. The molecule has 2 rings (SSSR count). The molecule has 1 heterocycles. The summed E-state index contributed by atoms with van der Waals surface area (Å²) < 4.78 is 23.5. The molecule has 1 saturated heterocycles. The number of rotatable bonds is 3. The molecule has 0 aliphatic carbocycles. The van der Waals surface area contributed by atoms with Crippen LogP contribution in [0.25, 0.3) is 0 Å². The van der Waals surface area contributed by atoms with Crippen LogP contribution >= 0.6 is 34.8 Å². The quantitative estimate of drug-likeness (QED) is 0.632. The lowest BCUT2D eigenvalue weighted by Crippen LogP contribution is -2.25. The predicted octanol–water partition coefficient (Wildman–Crippen LogP) is 3.05. The number of benzene rings is 1. The van der Waals surface area contributed by atoms with Gasteiger partial charge in [-0.05, 0) is 12.5 Å². The van der Waals surface area contributed by atoms with Gasteiger partial charge in [-0.2, -0.15) is 4.31 Å². The second-order valence-corrected chi connectivity index (χ2v) is 8.81. The van der Waals surface area contributed by atoms with Crippen molar-refractivity contribution in [2.75, 3.05) is 12.3 Å². The zero-order chi connectivity index (χ0) is 13.6. The minimum atomic E-state index is -3.52. The Morgan fingerprint density at radius 3 is 2.61 bits per heavy atom. The van der Waals surface area contributed by atoms with E-state index in [0.717, 1.165) is 11.1 Å². The van der Waals surface area contributed by atoms with Gasteiger partial charge in [-0.25, -0.2) is 8.42 Å². The first-order valence-electron chi connectivity index (χ1n) is 5.32. The third-order valence-corrected chi connectivity index (χ3v) is 5.49. The fourth-order valence-corrected chi connectivity index (χ4v) is 4.57. The Hall–Kier alpha value is -0.0000000000000000555. The van der Waals surface area contributed by atoms with Gasteiger partial charge in [0.15, 0.2) is 0 Å². The van der Waals surface area contributed by atoms with Gasteiger partial charge < -0.3 is 0 Å². The molecule has 3 nitrogen and oxygen atoms in total. The molecule has 0 saturated carbocycles. The third kappa shape index (κ3) is 3.52. The van der Waals surface area contributed by atoms with E-state index in [1.54, 1.807) is 0 Å². The van der Waals surface area contributed by atoms with Crippen LogP contribution in [0.4, 0.5) is 0 Å². The number of sulfonamides is 1. The SMILES string of the molecule is Cc1cccc(C2CN2S(=O)(=O)CC(Cl)(Cl)Cl)c1.